The second-order valence-corrected chi connectivity index (χ2v) is 15.8. The highest BCUT2D eigenvalue weighted by Crippen LogP contribution is 2.74. The maximum absolute atomic E-state index is 14.1. The number of benzene rings is 3. The molecular formula is C41H36Cl2O11. The molecule has 0 aromatic heterocycles. The van der Waals surface area contributed by atoms with Gasteiger partial charge >= 0.3 is 17.9 Å². The van der Waals surface area contributed by atoms with E-state index in [1.807, 2.05) is 6.07 Å². The summed E-state index contributed by atoms with van der Waals surface area (Å²) in [5.41, 5.74) is -6.48. The molecule has 4 aliphatic heterocycles. The molecule has 13 heteroatoms. The van der Waals surface area contributed by atoms with Crippen molar-refractivity contribution in [1.82, 2.24) is 0 Å². The number of epoxide rings is 1. The highest BCUT2D eigenvalue weighted by atomic mass is 35.5. The van der Waals surface area contributed by atoms with E-state index in [4.69, 9.17) is 51.6 Å². The maximum Gasteiger partial charge on any atom is 0.339 e. The number of rotatable bonds is 7. The molecule has 6 fully saturated rings. The average molecular weight is 776 g/mol. The number of aliphatic hydroxyl groups excluding tert-OH is 2. The summed E-state index contributed by atoms with van der Waals surface area (Å²) in [6.07, 6.45) is -5.47. The summed E-state index contributed by atoms with van der Waals surface area (Å²) in [5.74, 6) is -5.33. The van der Waals surface area contributed by atoms with Gasteiger partial charge in [0.15, 0.2) is 17.3 Å². The van der Waals surface area contributed by atoms with E-state index < -0.39 is 89.3 Å². The second kappa shape index (κ2) is 12.1. The van der Waals surface area contributed by atoms with Crippen LogP contribution in [-0.4, -0.2) is 86.8 Å². The Bertz CT molecular complexity index is 2130. The summed E-state index contributed by atoms with van der Waals surface area (Å²) in [5, 5.41) is 36.8. The largest absolute Gasteiger partial charge is 0.450 e. The molecule has 4 bridgehead atoms. The van der Waals surface area contributed by atoms with Crippen molar-refractivity contribution in [3.8, 4) is 0 Å². The first-order valence-corrected chi connectivity index (χ1v) is 18.4. The van der Waals surface area contributed by atoms with Gasteiger partial charge in [-0.3, -0.25) is 0 Å². The molecule has 280 valence electrons. The van der Waals surface area contributed by atoms with Crippen molar-refractivity contribution in [3.63, 3.8) is 0 Å². The van der Waals surface area contributed by atoms with Crippen LogP contribution in [0.4, 0.5) is 0 Å². The Kier molecular flexibility index (Phi) is 7.99. The summed E-state index contributed by atoms with van der Waals surface area (Å²) in [6.45, 7) is 7.04. The van der Waals surface area contributed by atoms with Crippen LogP contribution in [0.25, 0.3) is 0 Å². The number of ether oxygens (including phenoxy) is 6. The Hall–Kier alpha value is -3.88. The molecule has 4 heterocycles. The molecular weight excluding hydrogens is 739 g/mol. The van der Waals surface area contributed by atoms with Gasteiger partial charge in [-0.1, -0.05) is 103 Å². The van der Waals surface area contributed by atoms with Gasteiger partial charge in [-0.15, -0.1) is 0 Å². The van der Waals surface area contributed by atoms with Crippen molar-refractivity contribution in [2.45, 2.75) is 72.7 Å². The van der Waals surface area contributed by atoms with Crippen LogP contribution < -0.4 is 0 Å². The van der Waals surface area contributed by atoms with Crippen LogP contribution in [0.3, 0.4) is 0 Å². The van der Waals surface area contributed by atoms with Gasteiger partial charge < -0.3 is 43.7 Å². The number of fused-ring (bicyclic) bond motifs is 2. The van der Waals surface area contributed by atoms with Crippen molar-refractivity contribution in [2.24, 2.45) is 11.8 Å². The third-order valence-electron chi connectivity index (χ3n) is 12.2. The van der Waals surface area contributed by atoms with Crippen LogP contribution in [0.1, 0.15) is 40.1 Å². The van der Waals surface area contributed by atoms with E-state index in [9.17, 15) is 24.9 Å². The minimum Gasteiger partial charge on any atom is -0.450 e. The number of carbonyl (C=O) groups is 2. The highest BCUT2D eigenvalue weighted by molar-refractivity contribution is 6.56. The molecule has 12 atom stereocenters. The lowest BCUT2D eigenvalue weighted by atomic mass is 9.53. The zero-order chi connectivity index (χ0) is 38.0. The summed E-state index contributed by atoms with van der Waals surface area (Å²) in [4.78, 5) is 27.8. The van der Waals surface area contributed by atoms with Crippen LogP contribution in [0.5, 0.6) is 0 Å². The summed E-state index contributed by atoms with van der Waals surface area (Å²) in [6, 6.07) is 25.4. The first-order valence-electron chi connectivity index (χ1n) is 17.6. The van der Waals surface area contributed by atoms with Crippen molar-refractivity contribution in [2.75, 3.05) is 6.61 Å². The molecule has 0 amide bonds. The smallest absolute Gasteiger partial charge is 0.339 e. The summed E-state index contributed by atoms with van der Waals surface area (Å²) < 4.78 is 39.5. The maximum atomic E-state index is 14.1. The van der Waals surface area contributed by atoms with Gasteiger partial charge in [0, 0.05) is 22.6 Å². The molecule has 3 aromatic rings. The SMILES string of the molecule is C=C(C)[C@@]1(OC(=O)c2ccccc2)[C@@H]2OC3(c4ccccc4)O[C@H]1[C@@H](C)[C@]1(O3)C3=CC(=C(Cl)Cl)[C@H](OC(=O)c4ccccc4)[C@@]3(O)[C@H](O)[C@@]3(CO)O[C@H]3[C@@H]21. The Balaban J connectivity index is 1.28. The molecule has 1 spiro atoms. The van der Waals surface area contributed by atoms with Crippen LogP contribution in [-0.2, 0) is 34.4 Å². The number of halogens is 2. The lowest BCUT2D eigenvalue weighted by molar-refractivity contribution is -0.570. The second-order valence-electron chi connectivity index (χ2n) is 14.8. The van der Waals surface area contributed by atoms with Crippen LogP contribution >= 0.6 is 23.2 Å². The van der Waals surface area contributed by atoms with E-state index in [-0.39, 0.29) is 26.8 Å². The monoisotopic (exact) mass is 774 g/mol. The van der Waals surface area contributed by atoms with E-state index in [0.29, 0.717) is 11.1 Å². The van der Waals surface area contributed by atoms with E-state index in [1.165, 1.54) is 18.2 Å². The van der Waals surface area contributed by atoms with Gasteiger partial charge in [-0.2, -0.15) is 0 Å². The normalized spacial score (nSPS) is 40.8. The van der Waals surface area contributed by atoms with Crippen molar-refractivity contribution in [3.05, 3.63) is 142 Å². The van der Waals surface area contributed by atoms with Gasteiger partial charge in [0.05, 0.1) is 23.7 Å². The number of esters is 2. The predicted molar refractivity (Wildman–Crippen MR) is 192 cm³/mol. The standard InChI is InChI=1S/C41H36Cl2O11/c1-21(2)39(53-35(46)24-15-9-5-10-16-24)29-22(3)40-27-19-26(33(42)43)30(49-34(45)23-13-7-4-8-14-23)38(27,48)36(47)37(20-44)31(50-37)28(40)32(39)52-41(51-29,54-40)25-17-11-6-12-18-25/h4-19,22,28-32,36,44,47-48H,1,20H2,2-3H3/t22-,28+,29+,30+,31+,32-,36-,37+,38-,39+,40+,41?/m1/s1. The molecule has 1 unspecified atom stereocenters. The van der Waals surface area contributed by atoms with E-state index >= 15 is 0 Å². The minimum absolute atomic E-state index is 0.0195. The summed E-state index contributed by atoms with van der Waals surface area (Å²) in [7, 11) is 0. The minimum atomic E-state index is -2.55. The predicted octanol–water partition coefficient (Wildman–Crippen LogP) is 4.88. The average Bonchev–Trinajstić information content (AvgIpc) is 3.85. The zero-order valence-corrected chi connectivity index (χ0v) is 30.6. The summed E-state index contributed by atoms with van der Waals surface area (Å²) >= 11 is 13.0. The highest BCUT2D eigenvalue weighted by Gasteiger charge is 2.89. The van der Waals surface area contributed by atoms with Crippen molar-refractivity contribution in [1.29, 1.82) is 0 Å². The lowest BCUT2D eigenvalue weighted by Gasteiger charge is -2.72. The van der Waals surface area contributed by atoms with E-state index in [2.05, 4.69) is 6.58 Å². The third-order valence-corrected chi connectivity index (χ3v) is 12.7. The fraction of sp³-hybridized carbons (Fsp3) is 0.366. The Labute approximate surface area is 320 Å². The molecule has 4 saturated heterocycles. The van der Waals surface area contributed by atoms with Crippen LogP contribution in [0.15, 0.2) is 125 Å². The molecule has 10 rings (SSSR count). The molecule has 2 saturated carbocycles. The Morgan fingerprint density at radius 1 is 0.852 bits per heavy atom. The fourth-order valence-electron chi connectivity index (χ4n) is 9.76. The van der Waals surface area contributed by atoms with Gasteiger partial charge in [-0.25, -0.2) is 9.59 Å². The first kappa shape index (κ1) is 35.8. The van der Waals surface area contributed by atoms with Gasteiger partial charge in [0.2, 0.25) is 0 Å². The first-order chi connectivity index (χ1) is 25.8. The van der Waals surface area contributed by atoms with Crippen LogP contribution in [0.2, 0.25) is 0 Å². The molecule has 11 nitrogen and oxygen atoms in total. The van der Waals surface area contributed by atoms with Gasteiger partial charge in [0.1, 0.15) is 40.1 Å². The molecule has 3 aromatic carbocycles. The quantitative estimate of drug-likeness (QED) is 0.171. The fourth-order valence-corrected chi connectivity index (χ4v) is 10.1. The molecule has 3 N–H and O–H groups in total. The molecule has 3 aliphatic carbocycles. The number of hydrogen-bond acceptors (Lipinski definition) is 11. The molecule has 0 radical (unpaired) electrons. The van der Waals surface area contributed by atoms with Gasteiger partial charge in [-0.05, 0) is 42.8 Å². The Morgan fingerprint density at radius 3 is 2.00 bits per heavy atom. The van der Waals surface area contributed by atoms with Crippen LogP contribution in [0, 0.1) is 11.8 Å². The topological polar surface area (TPSA) is 154 Å². The molecule has 54 heavy (non-hydrogen) atoms. The van der Waals surface area contributed by atoms with Crippen molar-refractivity contribution >= 4 is 35.1 Å². The van der Waals surface area contributed by atoms with Gasteiger partial charge in [0.25, 0.3) is 0 Å². The lowest BCUT2D eigenvalue weighted by Crippen LogP contribution is -2.85. The Morgan fingerprint density at radius 2 is 1.43 bits per heavy atom. The van der Waals surface area contributed by atoms with E-state index in [0.717, 1.165) is 0 Å². The molecule has 7 aliphatic rings. The number of carbonyl (C=O) groups excluding carboxylic acids is 2. The number of aliphatic hydroxyl groups is 3. The van der Waals surface area contributed by atoms with Crippen molar-refractivity contribution < 1.29 is 53.3 Å². The zero-order valence-electron chi connectivity index (χ0n) is 29.1. The third kappa shape index (κ3) is 4.44. The number of hydrogen-bond donors (Lipinski definition) is 3. The van der Waals surface area contributed by atoms with E-state index in [1.54, 1.807) is 86.6 Å².